The zero-order valence-corrected chi connectivity index (χ0v) is 18.8. The molecular formula is C19H17BrN4OS3. The van der Waals surface area contributed by atoms with Gasteiger partial charge in [-0.25, -0.2) is 0 Å². The lowest BCUT2D eigenvalue weighted by molar-refractivity contribution is -0.119. The Morgan fingerprint density at radius 3 is 2.39 bits per heavy atom. The highest BCUT2D eigenvalue weighted by molar-refractivity contribution is 9.10. The molecule has 3 rings (SSSR count). The third kappa shape index (κ3) is 6.66. The number of rotatable bonds is 9. The number of carbonyl (C=O) groups excluding carboxylic acids is 1. The fraction of sp³-hybridized carbons (Fsp3) is 0.105. The van der Waals surface area contributed by atoms with Gasteiger partial charge in [-0.15, -0.1) is 10.2 Å². The van der Waals surface area contributed by atoms with Gasteiger partial charge in [-0.2, -0.15) is 0 Å². The van der Waals surface area contributed by atoms with Crippen LogP contribution >= 0.6 is 50.8 Å². The van der Waals surface area contributed by atoms with Crippen molar-refractivity contribution in [1.29, 1.82) is 0 Å². The van der Waals surface area contributed by atoms with Crippen molar-refractivity contribution < 1.29 is 4.79 Å². The predicted octanol–water partition coefficient (Wildman–Crippen LogP) is 4.98. The highest BCUT2D eigenvalue weighted by atomic mass is 79.9. The van der Waals surface area contributed by atoms with Crippen molar-refractivity contribution in [2.45, 2.75) is 14.4 Å². The molecular weight excluding hydrogens is 476 g/mol. The maximum absolute atomic E-state index is 12.0. The van der Waals surface area contributed by atoms with E-state index in [1.807, 2.05) is 42.5 Å². The quantitative estimate of drug-likeness (QED) is 0.324. The van der Waals surface area contributed by atoms with Gasteiger partial charge in [-0.05, 0) is 23.3 Å². The number of hydrogen-bond acceptors (Lipinski definition) is 7. The van der Waals surface area contributed by atoms with E-state index in [-0.39, 0.29) is 11.7 Å². The van der Waals surface area contributed by atoms with Gasteiger partial charge in [0, 0.05) is 10.2 Å². The second-order valence-corrected chi connectivity index (χ2v) is 9.89. The Balaban J connectivity index is 1.39. The Morgan fingerprint density at radius 2 is 1.68 bits per heavy atom. The van der Waals surface area contributed by atoms with E-state index in [1.165, 1.54) is 28.7 Å². The molecule has 5 nitrogen and oxygen atoms in total. The summed E-state index contributed by atoms with van der Waals surface area (Å²) in [5.74, 6) is 0.943. The number of nitrogens with zero attached hydrogens (tertiary/aromatic N) is 2. The molecule has 3 aromatic rings. The average molecular weight is 493 g/mol. The fourth-order valence-electron chi connectivity index (χ4n) is 2.06. The number of aromatic nitrogens is 2. The molecule has 0 atom stereocenters. The number of amides is 1. The van der Waals surface area contributed by atoms with E-state index in [9.17, 15) is 4.79 Å². The fourth-order valence-corrected chi connectivity index (χ4v) is 5.11. The van der Waals surface area contributed by atoms with Gasteiger partial charge in [0.05, 0.1) is 11.4 Å². The second-order valence-electron chi connectivity index (χ2n) is 5.56. The number of nitrogens with one attached hydrogen (secondary N) is 2. The first-order valence-corrected chi connectivity index (χ1v) is 11.8. The monoisotopic (exact) mass is 492 g/mol. The van der Waals surface area contributed by atoms with Gasteiger partial charge in [-0.1, -0.05) is 99.8 Å². The van der Waals surface area contributed by atoms with E-state index in [2.05, 4.69) is 55.7 Å². The minimum absolute atomic E-state index is 0.156. The second kappa shape index (κ2) is 10.7. The molecule has 1 amide bonds. The maximum Gasteiger partial charge on any atom is 0.248 e. The van der Waals surface area contributed by atoms with Crippen LogP contribution in [0.25, 0.3) is 5.70 Å². The minimum Gasteiger partial charge on any atom is -0.299 e. The molecule has 9 heteroatoms. The lowest BCUT2D eigenvalue weighted by Crippen LogP contribution is -2.37. The molecule has 144 valence electrons. The Kier molecular flexibility index (Phi) is 7.96. The number of carbonyl (C=O) groups is 1. The van der Waals surface area contributed by atoms with E-state index in [4.69, 9.17) is 0 Å². The topological polar surface area (TPSA) is 66.9 Å². The molecule has 1 aromatic heterocycles. The molecule has 0 radical (unpaired) electrons. The highest BCUT2D eigenvalue weighted by Gasteiger charge is 2.09. The first-order chi connectivity index (χ1) is 13.6. The summed E-state index contributed by atoms with van der Waals surface area (Å²) in [6.45, 7) is 3.92. The zero-order valence-electron chi connectivity index (χ0n) is 14.7. The van der Waals surface area contributed by atoms with Gasteiger partial charge >= 0.3 is 0 Å². The van der Waals surface area contributed by atoms with E-state index in [0.29, 0.717) is 5.70 Å². The van der Waals surface area contributed by atoms with Crippen molar-refractivity contribution in [3.05, 3.63) is 76.8 Å². The Labute approximate surface area is 184 Å². The van der Waals surface area contributed by atoms with Crippen molar-refractivity contribution in [3.8, 4) is 0 Å². The third-order valence-corrected chi connectivity index (χ3v) is 7.25. The van der Waals surface area contributed by atoms with Crippen LogP contribution in [0, 0.1) is 0 Å². The molecule has 0 saturated carbocycles. The van der Waals surface area contributed by atoms with Crippen molar-refractivity contribution in [2.75, 3.05) is 5.75 Å². The zero-order chi connectivity index (χ0) is 19.8. The molecule has 28 heavy (non-hydrogen) atoms. The van der Waals surface area contributed by atoms with Gasteiger partial charge in [0.25, 0.3) is 0 Å². The van der Waals surface area contributed by atoms with Crippen LogP contribution in [-0.2, 0) is 10.5 Å². The van der Waals surface area contributed by atoms with E-state index >= 15 is 0 Å². The van der Waals surface area contributed by atoms with Gasteiger partial charge in [-0.3, -0.25) is 15.6 Å². The van der Waals surface area contributed by atoms with Crippen LogP contribution in [0.4, 0.5) is 0 Å². The summed E-state index contributed by atoms with van der Waals surface area (Å²) in [5.41, 5.74) is 8.26. The number of hydrogen-bond donors (Lipinski definition) is 2. The predicted molar refractivity (Wildman–Crippen MR) is 121 cm³/mol. The molecule has 2 N–H and O–H groups in total. The summed E-state index contributed by atoms with van der Waals surface area (Å²) in [6, 6.07) is 17.9. The van der Waals surface area contributed by atoms with Gasteiger partial charge < -0.3 is 0 Å². The van der Waals surface area contributed by atoms with Crippen LogP contribution in [0.5, 0.6) is 0 Å². The SMILES string of the molecule is C=C(NNC(=O)CSc1nnc(SCc2ccccc2)s1)c1ccc(Br)cc1. The van der Waals surface area contributed by atoms with Gasteiger partial charge in [0.15, 0.2) is 8.68 Å². The average Bonchev–Trinajstić information content (AvgIpc) is 3.18. The van der Waals surface area contributed by atoms with Gasteiger partial charge in [0.1, 0.15) is 0 Å². The van der Waals surface area contributed by atoms with Crippen LogP contribution in [0.2, 0.25) is 0 Å². The summed E-state index contributed by atoms with van der Waals surface area (Å²) < 4.78 is 2.66. The van der Waals surface area contributed by atoms with Crippen LogP contribution in [0.15, 0.2) is 74.3 Å². The van der Waals surface area contributed by atoms with E-state index in [0.717, 1.165) is 24.5 Å². The molecule has 0 bridgehead atoms. The molecule has 0 aliphatic carbocycles. The first-order valence-electron chi connectivity index (χ1n) is 8.23. The summed E-state index contributed by atoms with van der Waals surface area (Å²) in [7, 11) is 0. The smallest absolute Gasteiger partial charge is 0.248 e. The molecule has 0 aliphatic heterocycles. The first kappa shape index (κ1) is 20.9. The molecule has 1 heterocycles. The lowest BCUT2D eigenvalue weighted by atomic mass is 10.2. The molecule has 2 aromatic carbocycles. The molecule has 0 spiro atoms. The van der Waals surface area contributed by atoms with Crippen LogP contribution in [-0.4, -0.2) is 21.9 Å². The molecule has 0 fully saturated rings. The van der Waals surface area contributed by atoms with E-state index < -0.39 is 0 Å². The van der Waals surface area contributed by atoms with Crippen LogP contribution < -0.4 is 10.9 Å². The summed E-state index contributed by atoms with van der Waals surface area (Å²) in [6.07, 6.45) is 0. The molecule has 0 aliphatic rings. The number of halogens is 1. The molecule has 0 unspecified atom stereocenters. The maximum atomic E-state index is 12.0. The number of hydrazine groups is 1. The Bertz CT molecular complexity index is 932. The van der Waals surface area contributed by atoms with E-state index in [1.54, 1.807) is 11.8 Å². The molecule has 0 saturated heterocycles. The largest absolute Gasteiger partial charge is 0.299 e. The minimum atomic E-state index is -0.156. The van der Waals surface area contributed by atoms with Crippen LogP contribution in [0.3, 0.4) is 0 Å². The highest BCUT2D eigenvalue weighted by Crippen LogP contribution is 2.30. The van der Waals surface area contributed by atoms with Crippen molar-refractivity contribution in [3.63, 3.8) is 0 Å². The Morgan fingerprint density at radius 1 is 1.00 bits per heavy atom. The third-order valence-electron chi connectivity index (χ3n) is 3.47. The van der Waals surface area contributed by atoms with Crippen molar-refractivity contribution in [1.82, 2.24) is 21.0 Å². The standard InChI is InChI=1S/C19H17BrN4OS3/c1-13(15-7-9-16(20)10-8-15)21-22-17(25)12-27-19-24-23-18(28-19)26-11-14-5-3-2-4-6-14/h2-10,21H,1,11-12H2,(H,22,25). The van der Waals surface area contributed by atoms with Crippen molar-refractivity contribution >= 4 is 62.4 Å². The van der Waals surface area contributed by atoms with Crippen molar-refractivity contribution in [2.24, 2.45) is 0 Å². The summed E-state index contributed by atoms with van der Waals surface area (Å²) in [4.78, 5) is 12.0. The number of benzene rings is 2. The Hall–Kier alpha value is -1.81. The summed E-state index contributed by atoms with van der Waals surface area (Å²) in [5, 5.41) is 8.32. The lowest BCUT2D eigenvalue weighted by Gasteiger charge is -2.10. The van der Waals surface area contributed by atoms with Gasteiger partial charge in [0.2, 0.25) is 5.91 Å². The van der Waals surface area contributed by atoms with Crippen LogP contribution in [0.1, 0.15) is 11.1 Å². The normalized spacial score (nSPS) is 10.5. The summed E-state index contributed by atoms with van der Waals surface area (Å²) >= 11 is 7.90. The number of thioether (sulfide) groups is 2.